The van der Waals surface area contributed by atoms with Gasteiger partial charge in [0.15, 0.2) is 17.4 Å². The highest BCUT2D eigenvalue weighted by molar-refractivity contribution is 6.29. The van der Waals surface area contributed by atoms with Gasteiger partial charge in [-0.2, -0.15) is 0 Å². The lowest BCUT2D eigenvalue weighted by molar-refractivity contribution is 0.271. The zero-order valence-electron chi connectivity index (χ0n) is 23.3. The molecule has 1 fully saturated rings. The molecule has 1 aliphatic heterocycles. The van der Waals surface area contributed by atoms with Crippen LogP contribution in [-0.4, -0.2) is 78.0 Å². The Morgan fingerprint density at radius 2 is 1.82 bits per heavy atom. The Morgan fingerprint density at radius 3 is 2.55 bits per heavy atom. The second-order valence-corrected chi connectivity index (χ2v) is 10.3. The number of nitrogens with one attached hydrogen (secondary N) is 1. The van der Waals surface area contributed by atoms with E-state index in [4.69, 9.17) is 21.1 Å². The third kappa shape index (κ3) is 5.90. The lowest BCUT2D eigenvalue weighted by Crippen LogP contribution is -2.46. The van der Waals surface area contributed by atoms with Gasteiger partial charge in [0.1, 0.15) is 5.15 Å². The standard InChI is InChI=1S/C30H37ClN6O3/c1-4-35-15-17-36(18-16-35)25-8-5-7-22-23(25)20-37(29(22)38)24(21-10-11-26(39-2)27(19-21)40-3)9-6-13-32-30-33-14-12-28(31)34-30/h5,7-8,10-12,14,19-20,24,38H,4,6,9,13,15-18H2,1-3H3,(H,32,33,34)/t24-/m1/s1. The number of rotatable bonds is 11. The smallest absolute Gasteiger partial charge is 0.224 e. The van der Waals surface area contributed by atoms with Gasteiger partial charge in [-0.1, -0.05) is 30.7 Å². The van der Waals surface area contributed by atoms with Crippen LogP contribution in [0.1, 0.15) is 31.4 Å². The topological polar surface area (TPSA) is 87.9 Å². The minimum Gasteiger partial charge on any atom is -0.494 e. The molecule has 10 heteroatoms. The Kier molecular flexibility index (Phi) is 8.81. The van der Waals surface area contributed by atoms with Gasteiger partial charge < -0.3 is 34.3 Å². The largest absolute Gasteiger partial charge is 0.494 e. The maximum atomic E-state index is 11.5. The Hall–Kier alpha value is -3.69. The van der Waals surface area contributed by atoms with Crippen molar-refractivity contribution in [2.24, 2.45) is 0 Å². The summed E-state index contributed by atoms with van der Waals surface area (Å²) in [6, 6.07) is 13.6. The summed E-state index contributed by atoms with van der Waals surface area (Å²) < 4.78 is 13.1. The fourth-order valence-corrected chi connectivity index (χ4v) is 5.62. The van der Waals surface area contributed by atoms with Gasteiger partial charge in [0, 0.05) is 61.6 Å². The SMILES string of the molecule is CCN1CCN(c2cccc3c(O)n([C@H](CCCNc4nccc(Cl)n4)c4ccc(OC)c(OC)c4)cc23)CC1. The van der Waals surface area contributed by atoms with Crippen molar-refractivity contribution in [1.29, 1.82) is 0 Å². The number of hydrogen-bond donors (Lipinski definition) is 2. The summed E-state index contributed by atoms with van der Waals surface area (Å²) in [5.74, 6) is 2.08. The number of nitrogens with zero attached hydrogens (tertiary/aromatic N) is 5. The van der Waals surface area contributed by atoms with Crippen LogP contribution >= 0.6 is 11.6 Å². The van der Waals surface area contributed by atoms with Crippen LogP contribution in [0.5, 0.6) is 17.4 Å². The molecule has 3 heterocycles. The van der Waals surface area contributed by atoms with Crippen molar-refractivity contribution in [2.45, 2.75) is 25.8 Å². The Bertz CT molecular complexity index is 1440. The van der Waals surface area contributed by atoms with Gasteiger partial charge in [-0.05, 0) is 55.3 Å². The number of aromatic nitrogens is 3. The molecule has 5 rings (SSSR count). The first-order valence-corrected chi connectivity index (χ1v) is 14.1. The molecule has 0 saturated carbocycles. The molecule has 0 bridgehead atoms. The van der Waals surface area contributed by atoms with E-state index in [1.807, 2.05) is 34.9 Å². The lowest BCUT2D eigenvalue weighted by atomic mass is 10.0. The van der Waals surface area contributed by atoms with E-state index < -0.39 is 0 Å². The molecule has 1 aliphatic rings. The second-order valence-electron chi connectivity index (χ2n) is 9.92. The minimum atomic E-state index is -0.140. The number of aromatic hydroxyl groups is 1. The zero-order valence-corrected chi connectivity index (χ0v) is 24.1. The molecule has 1 saturated heterocycles. The highest BCUT2D eigenvalue weighted by Gasteiger charge is 2.24. The minimum absolute atomic E-state index is 0.140. The van der Waals surface area contributed by atoms with E-state index in [0.29, 0.717) is 29.1 Å². The monoisotopic (exact) mass is 564 g/mol. The van der Waals surface area contributed by atoms with Crippen molar-refractivity contribution in [1.82, 2.24) is 19.4 Å². The molecule has 9 nitrogen and oxygen atoms in total. The predicted octanol–water partition coefficient (Wildman–Crippen LogP) is 5.43. The van der Waals surface area contributed by atoms with E-state index in [9.17, 15) is 5.11 Å². The molecule has 2 aromatic carbocycles. The van der Waals surface area contributed by atoms with Crippen LogP contribution in [-0.2, 0) is 0 Å². The predicted molar refractivity (Wildman–Crippen MR) is 160 cm³/mol. The number of halogens is 1. The van der Waals surface area contributed by atoms with E-state index in [2.05, 4.69) is 44.3 Å². The molecule has 0 spiro atoms. The summed E-state index contributed by atoms with van der Waals surface area (Å²) in [6.07, 6.45) is 5.28. The fraction of sp³-hybridized carbons (Fsp3) is 0.400. The van der Waals surface area contributed by atoms with Crippen molar-refractivity contribution >= 4 is 34.0 Å². The summed E-state index contributed by atoms with van der Waals surface area (Å²) in [7, 11) is 3.27. The molecule has 0 unspecified atom stereocenters. The third-order valence-corrected chi connectivity index (χ3v) is 7.89. The average molecular weight is 565 g/mol. The molecule has 0 amide bonds. The lowest BCUT2D eigenvalue weighted by Gasteiger charge is -2.35. The number of anilines is 2. The molecule has 212 valence electrons. The zero-order chi connectivity index (χ0) is 28.1. The van der Waals surface area contributed by atoms with Gasteiger partial charge in [0.25, 0.3) is 0 Å². The first-order chi connectivity index (χ1) is 19.5. The molecular formula is C30H37ClN6O3. The van der Waals surface area contributed by atoms with Crippen LogP contribution in [0.3, 0.4) is 0 Å². The molecule has 40 heavy (non-hydrogen) atoms. The molecule has 0 radical (unpaired) electrons. The number of ether oxygens (including phenoxy) is 2. The molecule has 2 N–H and O–H groups in total. The highest BCUT2D eigenvalue weighted by atomic mass is 35.5. The summed E-state index contributed by atoms with van der Waals surface area (Å²) in [4.78, 5) is 13.3. The van der Waals surface area contributed by atoms with Crippen molar-refractivity contribution < 1.29 is 14.6 Å². The van der Waals surface area contributed by atoms with E-state index >= 15 is 0 Å². The second kappa shape index (κ2) is 12.7. The summed E-state index contributed by atoms with van der Waals surface area (Å²) in [5, 5.41) is 17.1. The van der Waals surface area contributed by atoms with E-state index in [-0.39, 0.29) is 11.9 Å². The van der Waals surface area contributed by atoms with Crippen molar-refractivity contribution in [3.05, 3.63) is 65.6 Å². The van der Waals surface area contributed by atoms with Crippen LogP contribution < -0.4 is 19.7 Å². The van der Waals surface area contributed by atoms with E-state index in [1.54, 1.807) is 26.5 Å². The number of benzene rings is 2. The van der Waals surface area contributed by atoms with Crippen LogP contribution in [0.4, 0.5) is 11.6 Å². The molecule has 4 aromatic rings. The molecule has 2 aromatic heterocycles. The first kappa shape index (κ1) is 27.9. The van der Waals surface area contributed by atoms with Crippen LogP contribution in [0.2, 0.25) is 5.15 Å². The van der Waals surface area contributed by atoms with Gasteiger partial charge in [0.05, 0.1) is 20.3 Å². The summed E-state index contributed by atoms with van der Waals surface area (Å²) >= 11 is 6.01. The average Bonchev–Trinajstić information content (AvgIpc) is 3.33. The van der Waals surface area contributed by atoms with Gasteiger partial charge in [-0.25, -0.2) is 9.97 Å². The first-order valence-electron chi connectivity index (χ1n) is 13.8. The van der Waals surface area contributed by atoms with Crippen LogP contribution in [0.25, 0.3) is 10.8 Å². The summed E-state index contributed by atoms with van der Waals surface area (Å²) in [5.41, 5.74) is 2.18. The van der Waals surface area contributed by atoms with Crippen LogP contribution in [0, 0.1) is 0 Å². The van der Waals surface area contributed by atoms with Gasteiger partial charge in [-0.3, -0.25) is 0 Å². The van der Waals surface area contributed by atoms with Gasteiger partial charge in [-0.15, -0.1) is 0 Å². The fourth-order valence-electron chi connectivity index (χ4n) is 5.49. The normalized spacial score (nSPS) is 14.8. The Labute approximate surface area is 240 Å². The number of likely N-dealkylation sites (N-methyl/N-ethyl adjacent to an activating group) is 1. The van der Waals surface area contributed by atoms with E-state index in [0.717, 1.165) is 67.6 Å². The Morgan fingerprint density at radius 1 is 1.02 bits per heavy atom. The number of methoxy groups -OCH3 is 2. The van der Waals surface area contributed by atoms with E-state index in [1.165, 1.54) is 0 Å². The number of piperazine rings is 1. The molecular weight excluding hydrogens is 528 g/mol. The van der Waals surface area contributed by atoms with Gasteiger partial charge in [0.2, 0.25) is 5.95 Å². The summed E-state index contributed by atoms with van der Waals surface area (Å²) in [6.45, 7) is 7.94. The highest BCUT2D eigenvalue weighted by Crippen LogP contribution is 2.40. The number of hydrogen-bond acceptors (Lipinski definition) is 8. The van der Waals surface area contributed by atoms with Crippen molar-refractivity contribution in [3.63, 3.8) is 0 Å². The van der Waals surface area contributed by atoms with Crippen LogP contribution in [0.15, 0.2) is 54.9 Å². The van der Waals surface area contributed by atoms with Crippen molar-refractivity contribution in [2.75, 3.05) is 63.7 Å². The molecule has 0 aliphatic carbocycles. The Balaban J connectivity index is 1.46. The molecule has 1 atom stereocenters. The number of fused-ring (bicyclic) bond motifs is 1. The maximum Gasteiger partial charge on any atom is 0.224 e. The van der Waals surface area contributed by atoms with Crippen molar-refractivity contribution in [3.8, 4) is 17.4 Å². The third-order valence-electron chi connectivity index (χ3n) is 7.68. The quantitative estimate of drug-likeness (QED) is 0.184. The maximum absolute atomic E-state index is 11.5. The van der Waals surface area contributed by atoms with Gasteiger partial charge >= 0.3 is 0 Å².